The molecule has 0 aliphatic carbocycles. The van der Waals surface area contributed by atoms with Crippen molar-refractivity contribution in [1.29, 1.82) is 0 Å². The average molecular weight is 320 g/mol. The number of nitrogens with one attached hydrogen (secondary N) is 1. The third-order valence-electron chi connectivity index (χ3n) is 5.46. The Kier molecular flexibility index (Phi) is 4.35. The largest absolute Gasteiger partial charge is 0.333 e. The zero-order valence-corrected chi connectivity index (χ0v) is 13.9. The summed E-state index contributed by atoms with van der Waals surface area (Å²) in [6, 6.07) is 21.0. The number of carbonyl (C=O) groups excluding carboxylic acids is 1. The van der Waals surface area contributed by atoms with E-state index in [0.717, 1.165) is 31.5 Å². The molecule has 2 heterocycles. The minimum Gasteiger partial charge on any atom is -0.333 e. The van der Waals surface area contributed by atoms with Gasteiger partial charge in [-0.25, -0.2) is 0 Å². The Morgan fingerprint density at radius 2 is 1.67 bits per heavy atom. The van der Waals surface area contributed by atoms with Crippen LogP contribution in [0.3, 0.4) is 0 Å². The van der Waals surface area contributed by atoms with Gasteiger partial charge in [0.05, 0.1) is 6.04 Å². The molecule has 3 atom stereocenters. The van der Waals surface area contributed by atoms with E-state index in [1.54, 1.807) is 0 Å². The molecule has 0 radical (unpaired) electrons. The number of carbonyl (C=O) groups is 1. The lowest BCUT2D eigenvalue weighted by Crippen LogP contribution is -2.47. The zero-order chi connectivity index (χ0) is 16.4. The minimum absolute atomic E-state index is 0.178. The van der Waals surface area contributed by atoms with Crippen molar-refractivity contribution in [2.45, 2.75) is 37.3 Å². The van der Waals surface area contributed by atoms with Crippen molar-refractivity contribution in [3.05, 3.63) is 71.8 Å². The molecule has 1 amide bonds. The fourth-order valence-electron chi connectivity index (χ4n) is 4.30. The maximum atomic E-state index is 13.2. The van der Waals surface area contributed by atoms with Crippen molar-refractivity contribution < 1.29 is 4.79 Å². The van der Waals surface area contributed by atoms with Crippen molar-refractivity contribution in [2.24, 2.45) is 0 Å². The highest BCUT2D eigenvalue weighted by Gasteiger charge is 2.43. The fraction of sp³-hybridized carbons (Fsp3) is 0.381. The van der Waals surface area contributed by atoms with Crippen LogP contribution in [0.1, 0.15) is 41.1 Å². The lowest BCUT2D eigenvalue weighted by Gasteiger charge is -2.34. The van der Waals surface area contributed by atoms with Gasteiger partial charge in [-0.15, -0.1) is 0 Å². The highest BCUT2D eigenvalue weighted by molar-refractivity contribution is 5.94. The second kappa shape index (κ2) is 6.78. The summed E-state index contributed by atoms with van der Waals surface area (Å²) in [6.45, 7) is 1.82. The smallest absolute Gasteiger partial charge is 0.254 e. The van der Waals surface area contributed by atoms with Crippen LogP contribution in [0.5, 0.6) is 0 Å². The molecule has 2 fully saturated rings. The Labute approximate surface area is 143 Å². The Hall–Kier alpha value is -2.13. The topological polar surface area (TPSA) is 32.3 Å². The first-order chi connectivity index (χ1) is 11.8. The summed E-state index contributed by atoms with van der Waals surface area (Å²) in [5.41, 5.74) is 2.14. The van der Waals surface area contributed by atoms with Crippen molar-refractivity contribution in [3.8, 4) is 0 Å². The van der Waals surface area contributed by atoms with Crippen LogP contribution in [0.15, 0.2) is 60.7 Å². The maximum Gasteiger partial charge on any atom is 0.254 e. The van der Waals surface area contributed by atoms with Crippen LogP contribution in [0.2, 0.25) is 0 Å². The van der Waals surface area contributed by atoms with Gasteiger partial charge < -0.3 is 10.2 Å². The van der Waals surface area contributed by atoms with Gasteiger partial charge in [0, 0.05) is 30.6 Å². The molecule has 124 valence electrons. The van der Waals surface area contributed by atoms with Gasteiger partial charge in [-0.05, 0) is 30.5 Å². The number of benzene rings is 2. The van der Waals surface area contributed by atoms with Gasteiger partial charge >= 0.3 is 0 Å². The molecule has 3 heteroatoms. The van der Waals surface area contributed by atoms with Crippen LogP contribution < -0.4 is 5.32 Å². The van der Waals surface area contributed by atoms with Gasteiger partial charge in [0.2, 0.25) is 0 Å². The van der Waals surface area contributed by atoms with Crippen LogP contribution in [0, 0.1) is 0 Å². The van der Waals surface area contributed by atoms with Crippen molar-refractivity contribution >= 4 is 5.91 Å². The van der Waals surface area contributed by atoms with E-state index in [2.05, 4.69) is 40.5 Å². The van der Waals surface area contributed by atoms with E-state index in [-0.39, 0.29) is 11.9 Å². The molecule has 0 unspecified atom stereocenters. The van der Waals surface area contributed by atoms with Crippen LogP contribution >= 0.6 is 0 Å². The van der Waals surface area contributed by atoms with Crippen LogP contribution in [-0.2, 0) is 0 Å². The molecule has 0 spiro atoms. The van der Waals surface area contributed by atoms with E-state index >= 15 is 0 Å². The predicted octanol–water partition coefficient (Wildman–Crippen LogP) is 3.44. The third kappa shape index (κ3) is 2.84. The molecule has 1 N–H and O–H groups in total. The number of hydrogen-bond acceptors (Lipinski definition) is 2. The zero-order valence-electron chi connectivity index (χ0n) is 13.9. The maximum absolute atomic E-state index is 13.2. The summed E-state index contributed by atoms with van der Waals surface area (Å²) in [6.07, 6.45) is 3.44. The van der Waals surface area contributed by atoms with E-state index in [9.17, 15) is 4.79 Å². The van der Waals surface area contributed by atoms with Crippen LogP contribution in [0.4, 0.5) is 0 Å². The highest BCUT2D eigenvalue weighted by Crippen LogP contribution is 2.35. The van der Waals surface area contributed by atoms with Gasteiger partial charge in [0.25, 0.3) is 5.91 Å². The molecule has 4 rings (SSSR count). The summed E-state index contributed by atoms with van der Waals surface area (Å²) in [4.78, 5) is 15.3. The van der Waals surface area contributed by atoms with E-state index in [1.807, 2.05) is 30.3 Å². The third-order valence-corrected chi connectivity index (χ3v) is 5.46. The lowest BCUT2D eigenvalue weighted by molar-refractivity contribution is 0.0663. The Morgan fingerprint density at radius 1 is 0.958 bits per heavy atom. The first-order valence-corrected chi connectivity index (χ1v) is 8.99. The van der Waals surface area contributed by atoms with Gasteiger partial charge in [0.1, 0.15) is 0 Å². The van der Waals surface area contributed by atoms with Gasteiger partial charge in [-0.3, -0.25) is 4.79 Å². The fourth-order valence-corrected chi connectivity index (χ4v) is 4.30. The number of fused-ring (bicyclic) bond motifs is 1. The first-order valence-electron chi connectivity index (χ1n) is 8.99. The predicted molar refractivity (Wildman–Crippen MR) is 96.1 cm³/mol. The number of likely N-dealkylation sites (tertiary alicyclic amines) is 1. The number of amides is 1. The lowest BCUT2D eigenvalue weighted by atomic mass is 9.89. The molecular weight excluding hydrogens is 296 g/mol. The quantitative estimate of drug-likeness (QED) is 0.919. The Morgan fingerprint density at radius 3 is 2.42 bits per heavy atom. The molecule has 0 aromatic heterocycles. The molecule has 2 aliphatic heterocycles. The standard InChI is InChI=1S/C21H24N2O/c24-21(17-11-5-2-6-12-17)23-14-8-7-13-19-20(23)18(15-22-19)16-9-3-1-4-10-16/h1-6,9-12,18-20,22H,7-8,13-15H2/t18-,19-,20-/m0/s1. The molecule has 24 heavy (non-hydrogen) atoms. The van der Waals surface area contributed by atoms with Crippen molar-refractivity contribution in [1.82, 2.24) is 10.2 Å². The molecule has 2 saturated heterocycles. The molecule has 2 aromatic carbocycles. The minimum atomic E-state index is 0.178. The monoisotopic (exact) mass is 320 g/mol. The SMILES string of the molecule is O=C(c1ccccc1)N1CCCC[C@@H]2NC[C@@H](c3ccccc3)[C@@H]21. The second-order valence-corrected chi connectivity index (χ2v) is 6.88. The van der Waals surface area contributed by atoms with Crippen LogP contribution in [-0.4, -0.2) is 36.0 Å². The van der Waals surface area contributed by atoms with Gasteiger partial charge in [-0.2, -0.15) is 0 Å². The van der Waals surface area contributed by atoms with E-state index in [4.69, 9.17) is 0 Å². The van der Waals surface area contributed by atoms with E-state index < -0.39 is 0 Å². The van der Waals surface area contributed by atoms with Crippen molar-refractivity contribution in [3.63, 3.8) is 0 Å². The van der Waals surface area contributed by atoms with Crippen molar-refractivity contribution in [2.75, 3.05) is 13.1 Å². The van der Waals surface area contributed by atoms with E-state index in [0.29, 0.717) is 12.0 Å². The normalized spacial score (nSPS) is 26.7. The summed E-state index contributed by atoms with van der Waals surface area (Å²) in [7, 11) is 0. The molecule has 2 aliphatic rings. The van der Waals surface area contributed by atoms with Gasteiger partial charge in [0.15, 0.2) is 0 Å². The molecular formula is C21H24N2O. The summed E-state index contributed by atoms with van der Waals surface area (Å²) in [5.74, 6) is 0.555. The van der Waals surface area contributed by atoms with Gasteiger partial charge in [-0.1, -0.05) is 55.0 Å². The molecule has 0 bridgehead atoms. The second-order valence-electron chi connectivity index (χ2n) is 6.88. The Bertz CT molecular complexity index is 685. The average Bonchev–Trinajstić information content (AvgIpc) is 2.95. The Balaban J connectivity index is 1.68. The molecule has 2 aromatic rings. The van der Waals surface area contributed by atoms with E-state index in [1.165, 1.54) is 12.0 Å². The summed E-state index contributed by atoms with van der Waals surface area (Å²) >= 11 is 0. The highest BCUT2D eigenvalue weighted by atomic mass is 16.2. The molecule has 0 saturated carbocycles. The first kappa shape index (κ1) is 15.4. The summed E-state index contributed by atoms with van der Waals surface area (Å²) in [5, 5.41) is 3.69. The summed E-state index contributed by atoms with van der Waals surface area (Å²) < 4.78 is 0. The van der Waals surface area contributed by atoms with Crippen LogP contribution in [0.25, 0.3) is 0 Å². The number of hydrogen-bond donors (Lipinski definition) is 1. The number of rotatable bonds is 2. The molecule has 3 nitrogen and oxygen atoms in total. The number of nitrogens with zero attached hydrogens (tertiary/aromatic N) is 1.